The third-order valence-corrected chi connectivity index (χ3v) is 5.47. The second kappa shape index (κ2) is 7.89. The van der Waals surface area contributed by atoms with Crippen molar-refractivity contribution in [2.45, 2.75) is 45.1 Å². The summed E-state index contributed by atoms with van der Waals surface area (Å²) in [4.78, 5) is 29.4. The van der Waals surface area contributed by atoms with E-state index >= 15 is 0 Å². The van der Waals surface area contributed by atoms with E-state index in [2.05, 4.69) is 6.92 Å². The summed E-state index contributed by atoms with van der Waals surface area (Å²) in [5.41, 5.74) is 0.954. The summed E-state index contributed by atoms with van der Waals surface area (Å²) in [5, 5.41) is 0. The number of hydrogen-bond acceptors (Lipinski definition) is 3. The van der Waals surface area contributed by atoms with Crippen molar-refractivity contribution in [3.05, 3.63) is 29.8 Å². The molecule has 0 saturated carbocycles. The van der Waals surface area contributed by atoms with E-state index in [4.69, 9.17) is 4.74 Å². The van der Waals surface area contributed by atoms with Gasteiger partial charge in [0.05, 0.1) is 13.5 Å². The Bertz CT molecular complexity index is 606. The predicted octanol–water partition coefficient (Wildman–Crippen LogP) is 2.49. The summed E-state index contributed by atoms with van der Waals surface area (Å²) in [6.07, 6.45) is 4.18. The number of carbonyl (C=O) groups is 2. The van der Waals surface area contributed by atoms with Crippen LogP contribution in [0.4, 0.5) is 0 Å². The molecule has 5 heteroatoms. The van der Waals surface area contributed by atoms with Crippen LogP contribution < -0.4 is 4.74 Å². The number of rotatable bonds is 4. The lowest BCUT2D eigenvalue weighted by Gasteiger charge is -2.34. The monoisotopic (exact) mass is 344 g/mol. The van der Waals surface area contributed by atoms with Crippen LogP contribution >= 0.6 is 0 Å². The quantitative estimate of drug-likeness (QED) is 0.843. The third-order valence-electron chi connectivity index (χ3n) is 5.47. The van der Waals surface area contributed by atoms with Gasteiger partial charge in [-0.3, -0.25) is 9.59 Å². The van der Waals surface area contributed by atoms with E-state index in [0.29, 0.717) is 18.9 Å². The molecule has 2 aliphatic rings. The molecule has 3 rings (SSSR count). The maximum atomic E-state index is 12.9. The molecule has 0 spiro atoms. The first-order valence-electron chi connectivity index (χ1n) is 9.29. The van der Waals surface area contributed by atoms with Crippen molar-refractivity contribution < 1.29 is 14.3 Å². The highest BCUT2D eigenvalue weighted by Gasteiger charge is 2.37. The first-order chi connectivity index (χ1) is 12.1. The molecule has 2 amide bonds. The van der Waals surface area contributed by atoms with Gasteiger partial charge in [0, 0.05) is 19.6 Å². The Balaban J connectivity index is 1.61. The van der Waals surface area contributed by atoms with Gasteiger partial charge in [0.15, 0.2) is 0 Å². The molecule has 0 unspecified atom stereocenters. The molecule has 2 fully saturated rings. The topological polar surface area (TPSA) is 49.9 Å². The van der Waals surface area contributed by atoms with E-state index in [-0.39, 0.29) is 17.9 Å². The van der Waals surface area contributed by atoms with Crippen LogP contribution in [-0.2, 0) is 16.0 Å². The molecule has 0 aliphatic carbocycles. The summed E-state index contributed by atoms with van der Waals surface area (Å²) in [6.45, 7) is 4.59. The summed E-state index contributed by atoms with van der Waals surface area (Å²) in [6, 6.07) is 7.29. The Hall–Kier alpha value is -2.04. The molecule has 1 atom stereocenters. The summed E-state index contributed by atoms with van der Waals surface area (Å²) < 4.78 is 5.15. The van der Waals surface area contributed by atoms with Gasteiger partial charge in [0.1, 0.15) is 11.8 Å². The SMILES string of the molecule is COc1ccc(CC(=O)N2CCC[C@H]2C(=O)N2CCC(C)CC2)cc1. The highest BCUT2D eigenvalue weighted by molar-refractivity contribution is 5.89. The minimum Gasteiger partial charge on any atom is -0.497 e. The van der Waals surface area contributed by atoms with E-state index < -0.39 is 0 Å². The van der Waals surface area contributed by atoms with Gasteiger partial charge in [0.2, 0.25) is 11.8 Å². The molecule has 0 aromatic heterocycles. The zero-order chi connectivity index (χ0) is 17.8. The van der Waals surface area contributed by atoms with E-state index in [9.17, 15) is 9.59 Å². The van der Waals surface area contributed by atoms with Gasteiger partial charge in [-0.05, 0) is 49.3 Å². The predicted molar refractivity (Wildman–Crippen MR) is 96.4 cm³/mol. The van der Waals surface area contributed by atoms with E-state index in [1.807, 2.05) is 29.2 Å². The van der Waals surface area contributed by atoms with Crippen LogP contribution in [0, 0.1) is 5.92 Å². The Kier molecular flexibility index (Phi) is 5.61. The number of methoxy groups -OCH3 is 1. The standard InChI is InChI=1S/C20H28N2O3/c1-15-9-12-21(13-10-15)20(24)18-4-3-11-22(18)19(23)14-16-5-7-17(25-2)8-6-16/h5-8,15,18H,3-4,9-14H2,1-2H3/t18-/m0/s1. The second-order valence-corrected chi connectivity index (χ2v) is 7.28. The van der Waals surface area contributed by atoms with Gasteiger partial charge in [0.25, 0.3) is 0 Å². The minimum absolute atomic E-state index is 0.0476. The number of likely N-dealkylation sites (tertiary alicyclic amines) is 2. The van der Waals surface area contributed by atoms with Gasteiger partial charge in [-0.15, -0.1) is 0 Å². The Labute approximate surface area is 149 Å². The van der Waals surface area contributed by atoms with Crippen molar-refractivity contribution in [3.8, 4) is 5.75 Å². The van der Waals surface area contributed by atoms with Gasteiger partial charge in [-0.25, -0.2) is 0 Å². The average molecular weight is 344 g/mol. The van der Waals surface area contributed by atoms with Crippen LogP contribution in [0.3, 0.4) is 0 Å². The smallest absolute Gasteiger partial charge is 0.245 e. The van der Waals surface area contributed by atoms with Crippen molar-refractivity contribution in [2.24, 2.45) is 5.92 Å². The fourth-order valence-corrected chi connectivity index (χ4v) is 3.78. The van der Waals surface area contributed by atoms with E-state index in [1.165, 1.54) is 0 Å². The lowest BCUT2D eigenvalue weighted by Crippen LogP contribution is -2.50. The van der Waals surface area contributed by atoms with E-state index in [0.717, 1.165) is 50.1 Å². The zero-order valence-corrected chi connectivity index (χ0v) is 15.2. The largest absolute Gasteiger partial charge is 0.497 e. The number of benzene rings is 1. The van der Waals surface area contributed by atoms with Crippen LogP contribution in [-0.4, -0.2) is 54.4 Å². The summed E-state index contributed by atoms with van der Waals surface area (Å²) >= 11 is 0. The Morgan fingerprint density at radius 2 is 1.76 bits per heavy atom. The highest BCUT2D eigenvalue weighted by Crippen LogP contribution is 2.24. The molecule has 136 valence electrons. The van der Waals surface area contributed by atoms with Crippen molar-refractivity contribution >= 4 is 11.8 Å². The fraction of sp³-hybridized carbons (Fsp3) is 0.600. The van der Waals surface area contributed by atoms with Gasteiger partial charge < -0.3 is 14.5 Å². The number of piperidine rings is 1. The van der Waals surface area contributed by atoms with Crippen LogP contribution in [0.25, 0.3) is 0 Å². The third kappa shape index (κ3) is 4.14. The zero-order valence-electron chi connectivity index (χ0n) is 15.2. The van der Waals surface area contributed by atoms with Crippen LogP contribution in [0.2, 0.25) is 0 Å². The van der Waals surface area contributed by atoms with Crippen molar-refractivity contribution in [1.82, 2.24) is 9.80 Å². The molecule has 1 aromatic rings. The molecule has 2 aliphatic heterocycles. The maximum absolute atomic E-state index is 12.9. The first-order valence-corrected chi connectivity index (χ1v) is 9.29. The molecule has 2 heterocycles. The first kappa shape index (κ1) is 17.8. The van der Waals surface area contributed by atoms with Gasteiger partial charge in [-0.2, -0.15) is 0 Å². The van der Waals surface area contributed by atoms with Crippen LogP contribution in [0.5, 0.6) is 5.75 Å². The number of amides is 2. The fourth-order valence-electron chi connectivity index (χ4n) is 3.78. The molecule has 5 nitrogen and oxygen atoms in total. The number of nitrogens with zero attached hydrogens (tertiary/aromatic N) is 2. The molecule has 0 radical (unpaired) electrons. The average Bonchev–Trinajstić information content (AvgIpc) is 3.12. The van der Waals surface area contributed by atoms with E-state index in [1.54, 1.807) is 12.0 Å². The second-order valence-electron chi connectivity index (χ2n) is 7.28. The minimum atomic E-state index is -0.265. The lowest BCUT2D eigenvalue weighted by molar-refractivity contribution is -0.144. The Morgan fingerprint density at radius 1 is 1.08 bits per heavy atom. The van der Waals surface area contributed by atoms with Crippen LogP contribution in [0.1, 0.15) is 38.2 Å². The van der Waals surface area contributed by atoms with Gasteiger partial charge >= 0.3 is 0 Å². The van der Waals surface area contributed by atoms with Gasteiger partial charge in [-0.1, -0.05) is 19.1 Å². The molecule has 0 N–H and O–H groups in total. The van der Waals surface area contributed by atoms with Crippen molar-refractivity contribution in [2.75, 3.05) is 26.7 Å². The van der Waals surface area contributed by atoms with Crippen LogP contribution in [0.15, 0.2) is 24.3 Å². The molecule has 0 bridgehead atoms. The lowest BCUT2D eigenvalue weighted by atomic mass is 9.98. The number of ether oxygens (including phenoxy) is 1. The molecular formula is C20H28N2O3. The number of carbonyl (C=O) groups excluding carboxylic acids is 2. The maximum Gasteiger partial charge on any atom is 0.245 e. The molecule has 1 aromatic carbocycles. The molecule has 2 saturated heterocycles. The highest BCUT2D eigenvalue weighted by atomic mass is 16.5. The summed E-state index contributed by atoms with van der Waals surface area (Å²) in [5.74, 6) is 1.67. The summed E-state index contributed by atoms with van der Waals surface area (Å²) in [7, 11) is 1.63. The Morgan fingerprint density at radius 3 is 2.40 bits per heavy atom. The molecule has 25 heavy (non-hydrogen) atoms. The normalized spacial score (nSPS) is 21.4. The van der Waals surface area contributed by atoms with Crippen molar-refractivity contribution in [1.29, 1.82) is 0 Å². The molecular weight excluding hydrogens is 316 g/mol. The number of hydrogen-bond donors (Lipinski definition) is 0. The van der Waals surface area contributed by atoms with Crippen molar-refractivity contribution in [3.63, 3.8) is 0 Å².